The topological polar surface area (TPSA) is 47.7 Å². The second-order valence-electron chi connectivity index (χ2n) is 5.14. The first-order chi connectivity index (χ1) is 7.80. The van der Waals surface area contributed by atoms with Crippen LogP contribution in [0.2, 0.25) is 0 Å². The second-order valence-corrected chi connectivity index (χ2v) is 5.14. The highest BCUT2D eigenvalue weighted by Crippen LogP contribution is 2.30. The van der Waals surface area contributed by atoms with Gasteiger partial charge in [-0.1, -0.05) is 0 Å². The molecule has 94 valence electrons. The molecular formula is C12H24N2O2. The molecule has 2 atom stereocenters. The fraction of sp³-hybridized carbons (Fsp3) is 1.00. The van der Waals surface area contributed by atoms with Crippen molar-refractivity contribution in [3.05, 3.63) is 0 Å². The van der Waals surface area contributed by atoms with Gasteiger partial charge in [-0.15, -0.1) is 0 Å². The van der Waals surface area contributed by atoms with Gasteiger partial charge >= 0.3 is 0 Å². The molecule has 2 aliphatic heterocycles. The highest BCUT2D eigenvalue weighted by Gasteiger charge is 2.41. The Morgan fingerprint density at radius 1 is 1.56 bits per heavy atom. The van der Waals surface area contributed by atoms with Gasteiger partial charge in [0.25, 0.3) is 0 Å². The molecule has 0 bridgehead atoms. The van der Waals surface area contributed by atoms with E-state index in [0.717, 1.165) is 32.8 Å². The van der Waals surface area contributed by atoms with E-state index in [9.17, 15) is 0 Å². The van der Waals surface area contributed by atoms with Crippen LogP contribution in [0.25, 0.3) is 0 Å². The number of rotatable bonds is 4. The van der Waals surface area contributed by atoms with Crippen molar-refractivity contribution in [3.8, 4) is 0 Å². The summed E-state index contributed by atoms with van der Waals surface area (Å²) >= 11 is 0. The Bertz CT molecular complexity index is 215. The van der Waals surface area contributed by atoms with Crippen LogP contribution in [0.3, 0.4) is 0 Å². The predicted octanol–water partition coefficient (Wildman–Crippen LogP) is 0.463. The molecule has 4 heteroatoms. The number of methoxy groups -OCH3 is 1. The summed E-state index contributed by atoms with van der Waals surface area (Å²) < 4.78 is 10.8. The van der Waals surface area contributed by atoms with Gasteiger partial charge in [0.15, 0.2) is 0 Å². The van der Waals surface area contributed by atoms with E-state index in [1.54, 1.807) is 7.11 Å². The summed E-state index contributed by atoms with van der Waals surface area (Å²) in [6.45, 7) is 5.55. The lowest BCUT2D eigenvalue weighted by Crippen LogP contribution is -2.57. The van der Waals surface area contributed by atoms with Gasteiger partial charge in [-0.05, 0) is 31.7 Å². The van der Waals surface area contributed by atoms with Crippen molar-refractivity contribution in [3.63, 3.8) is 0 Å². The Hall–Kier alpha value is -0.160. The van der Waals surface area contributed by atoms with E-state index in [2.05, 4.69) is 4.90 Å². The Balaban J connectivity index is 1.96. The van der Waals surface area contributed by atoms with Crippen LogP contribution in [-0.2, 0) is 9.47 Å². The minimum atomic E-state index is 0.117. The summed E-state index contributed by atoms with van der Waals surface area (Å²) in [6, 6.07) is 0. The van der Waals surface area contributed by atoms with E-state index in [-0.39, 0.29) is 5.54 Å². The highest BCUT2D eigenvalue weighted by atomic mass is 16.5. The highest BCUT2D eigenvalue weighted by molar-refractivity contribution is 4.97. The second kappa shape index (κ2) is 5.45. The van der Waals surface area contributed by atoms with Gasteiger partial charge in [0.05, 0.1) is 18.8 Å². The van der Waals surface area contributed by atoms with Crippen LogP contribution < -0.4 is 5.73 Å². The number of ether oxygens (including phenoxy) is 2. The van der Waals surface area contributed by atoms with Crippen molar-refractivity contribution in [1.82, 2.24) is 4.90 Å². The normalized spacial score (nSPS) is 36.8. The zero-order valence-corrected chi connectivity index (χ0v) is 10.3. The lowest BCUT2D eigenvalue weighted by Gasteiger charge is -2.44. The first-order valence-electron chi connectivity index (χ1n) is 6.32. The van der Waals surface area contributed by atoms with E-state index >= 15 is 0 Å². The van der Waals surface area contributed by atoms with Crippen LogP contribution in [0.1, 0.15) is 19.3 Å². The first-order valence-corrected chi connectivity index (χ1v) is 6.32. The van der Waals surface area contributed by atoms with E-state index in [1.165, 1.54) is 19.4 Å². The summed E-state index contributed by atoms with van der Waals surface area (Å²) in [5.41, 5.74) is 6.08. The Labute approximate surface area is 98.1 Å². The molecule has 2 fully saturated rings. The van der Waals surface area contributed by atoms with Gasteiger partial charge in [-0.3, -0.25) is 4.90 Å². The van der Waals surface area contributed by atoms with Crippen molar-refractivity contribution in [2.45, 2.75) is 24.8 Å². The predicted molar refractivity (Wildman–Crippen MR) is 63.4 cm³/mol. The molecule has 0 saturated carbocycles. The minimum Gasteiger partial charge on any atom is -0.384 e. The van der Waals surface area contributed by atoms with Gasteiger partial charge in [0, 0.05) is 26.8 Å². The van der Waals surface area contributed by atoms with Crippen LogP contribution in [0.5, 0.6) is 0 Å². The van der Waals surface area contributed by atoms with E-state index in [0.29, 0.717) is 12.5 Å². The lowest BCUT2D eigenvalue weighted by molar-refractivity contribution is 0.0157. The standard InChI is InChI=1S/C12H24N2O2/c1-15-8-11-3-2-5-14(7-11)12(9-13)4-6-16-10-12/h11H,2-10,13H2,1H3. The average Bonchev–Trinajstić information content (AvgIpc) is 2.80. The number of nitrogens with zero attached hydrogens (tertiary/aromatic N) is 1. The summed E-state index contributed by atoms with van der Waals surface area (Å²) in [6.07, 6.45) is 3.63. The van der Waals surface area contributed by atoms with E-state index in [1.807, 2.05) is 0 Å². The van der Waals surface area contributed by atoms with Crippen molar-refractivity contribution in [2.24, 2.45) is 11.7 Å². The monoisotopic (exact) mass is 228 g/mol. The lowest BCUT2D eigenvalue weighted by atomic mass is 9.90. The Morgan fingerprint density at radius 2 is 2.44 bits per heavy atom. The van der Waals surface area contributed by atoms with Crippen molar-refractivity contribution in [1.29, 1.82) is 0 Å². The molecule has 2 N–H and O–H groups in total. The smallest absolute Gasteiger partial charge is 0.0663 e. The molecule has 16 heavy (non-hydrogen) atoms. The van der Waals surface area contributed by atoms with Crippen molar-refractivity contribution >= 4 is 0 Å². The van der Waals surface area contributed by atoms with Gasteiger partial charge in [-0.25, -0.2) is 0 Å². The summed E-state index contributed by atoms with van der Waals surface area (Å²) in [7, 11) is 1.79. The molecule has 0 radical (unpaired) electrons. The van der Waals surface area contributed by atoms with Gasteiger partial charge in [0.1, 0.15) is 0 Å². The SMILES string of the molecule is COCC1CCCN(C2(CN)CCOC2)C1. The largest absolute Gasteiger partial charge is 0.384 e. The Kier molecular flexibility index (Phi) is 4.19. The third kappa shape index (κ3) is 2.40. The molecule has 2 heterocycles. The maximum Gasteiger partial charge on any atom is 0.0663 e. The summed E-state index contributed by atoms with van der Waals surface area (Å²) in [5.74, 6) is 0.669. The van der Waals surface area contributed by atoms with Gasteiger partial charge < -0.3 is 15.2 Å². The van der Waals surface area contributed by atoms with Crippen molar-refractivity contribution < 1.29 is 9.47 Å². The van der Waals surface area contributed by atoms with E-state index in [4.69, 9.17) is 15.2 Å². The molecule has 0 spiro atoms. The van der Waals surface area contributed by atoms with E-state index < -0.39 is 0 Å². The molecule has 2 aliphatic rings. The molecule has 2 unspecified atom stereocenters. The van der Waals surface area contributed by atoms with Crippen LogP contribution in [0.15, 0.2) is 0 Å². The molecule has 0 aromatic carbocycles. The number of piperidine rings is 1. The Morgan fingerprint density at radius 3 is 3.06 bits per heavy atom. The number of hydrogen-bond donors (Lipinski definition) is 1. The molecule has 0 aromatic heterocycles. The van der Waals surface area contributed by atoms with Crippen LogP contribution in [-0.4, -0.2) is 57.0 Å². The maximum absolute atomic E-state index is 5.97. The van der Waals surface area contributed by atoms with Crippen LogP contribution in [0.4, 0.5) is 0 Å². The zero-order chi connectivity index (χ0) is 11.4. The summed E-state index contributed by atoms with van der Waals surface area (Å²) in [5, 5.41) is 0. The fourth-order valence-electron chi connectivity index (χ4n) is 3.00. The zero-order valence-electron chi connectivity index (χ0n) is 10.3. The van der Waals surface area contributed by atoms with Crippen LogP contribution >= 0.6 is 0 Å². The molecular weight excluding hydrogens is 204 g/mol. The molecule has 2 saturated heterocycles. The minimum absolute atomic E-state index is 0.117. The summed E-state index contributed by atoms with van der Waals surface area (Å²) in [4.78, 5) is 2.55. The molecule has 0 aromatic rings. The number of likely N-dealkylation sites (tertiary alicyclic amines) is 1. The molecule has 0 aliphatic carbocycles. The van der Waals surface area contributed by atoms with Crippen molar-refractivity contribution in [2.75, 3.05) is 46.6 Å². The fourth-order valence-corrected chi connectivity index (χ4v) is 3.00. The quantitative estimate of drug-likeness (QED) is 0.759. The molecule has 0 amide bonds. The first kappa shape index (κ1) is 12.3. The number of hydrogen-bond acceptors (Lipinski definition) is 4. The molecule has 2 rings (SSSR count). The number of nitrogens with two attached hydrogens (primary N) is 1. The third-order valence-corrected chi connectivity index (χ3v) is 4.05. The third-order valence-electron chi connectivity index (χ3n) is 4.05. The van der Waals surface area contributed by atoms with Gasteiger partial charge in [-0.2, -0.15) is 0 Å². The van der Waals surface area contributed by atoms with Crippen LogP contribution in [0, 0.1) is 5.92 Å². The average molecular weight is 228 g/mol. The maximum atomic E-state index is 5.97. The molecule has 4 nitrogen and oxygen atoms in total. The van der Waals surface area contributed by atoms with Gasteiger partial charge in [0.2, 0.25) is 0 Å².